The predicted molar refractivity (Wildman–Crippen MR) is 105 cm³/mol. The lowest BCUT2D eigenvalue weighted by Gasteiger charge is -2.39. The molecule has 1 aromatic carbocycles. The zero-order chi connectivity index (χ0) is 18.7. The van der Waals surface area contributed by atoms with Crippen molar-refractivity contribution in [2.75, 3.05) is 6.61 Å². The molecule has 0 unspecified atom stereocenters. The topological polar surface area (TPSA) is 55.8 Å². The fourth-order valence-electron chi connectivity index (χ4n) is 2.31. The number of aliphatic hydroxyl groups excluding tert-OH is 1. The minimum absolute atomic E-state index is 0.0814. The van der Waals surface area contributed by atoms with E-state index in [1.165, 1.54) is 5.56 Å². The molecular formula is C19H30O4SSi. The van der Waals surface area contributed by atoms with Gasteiger partial charge in [-0.15, -0.1) is 11.8 Å². The van der Waals surface area contributed by atoms with E-state index < -0.39 is 20.5 Å². The Balaban J connectivity index is 1.92. The van der Waals surface area contributed by atoms with Crippen LogP contribution in [0.1, 0.15) is 32.8 Å². The number of thioether (sulfide) groups is 1. The number of hydrogen-bond acceptors (Lipinski definition) is 5. The van der Waals surface area contributed by atoms with E-state index in [0.29, 0.717) is 0 Å². The van der Waals surface area contributed by atoms with Crippen molar-refractivity contribution in [1.29, 1.82) is 0 Å². The van der Waals surface area contributed by atoms with Crippen LogP contribution in [0.3, 0.4) is 0 Å². The average molecular weight is 383 g/mol. The summed E-state index contributed by atoms with van der Waals surface area (Å²) in [6.07, 6.45) is -1.42. The molecule has 4 nitrogen and oxygen atoms in total. The van der Waals surface area contributed by atoms with E-state index in [1.54, 1.807) is 11.8 Å². The molecule has 3 atom stereocenters. The van der Waals surface area contributed by atoms with E-state index in [2.05, 4.69) is 46.0 Å². The van der Waals surface area contributed by atoms with Gasteiger partial charge in [0.25, 0.3) is 0 Å². The molecule has 1 saturated heterocycles. The highest BCUT2D eigenvalue weighted by atomic mass is 32.2. The lowest BCUT2D eigenvalue weighted by atomic mass is 10.1. The number of aliphatic hydroxyl groups is 1. The predicted octanol–water partition coefficient (Wildman–Crippen LogP) is 3.99. The normalized spacial score (nSPS) is 25.2. The van der Waals surface area contributed by atoms with Crippen molar-refractivity contribution >= 4 is 25.9 Å². The number of hydrogen-bond donors (Lipinski definition) is 1. The van der Waals surface area contributed by atoms with Gasteiger partial charge in [0.2, 0.25) is 0 Å². The van der Waals surface area contributed by atoms with Gasteiger partial charge in [-0.1, -0.05) is 51.1 Å². The molecule has 6 heteroatoms. The molecular weight excluding hydrogens is 352 g/mol. The minimum atomic E-state index is -1.94. The van der Waals surface area contributed by atoms with Crippen LogP contribution in [-0.2, 0) is 19.7 Å². The summed E-state index contributed by atoms with van der Waals surface area (Å²) in [5.41, 5.74) is 0.966. The Bertz CT molecular complexity index is 571. The van der Waals surface area contributed by atoms with Crippen molar-refractivity contribution in [3.8, 4) is 0 Å². The van der Waals surface area contributed by atoms with Crippen molar-refractivity contribution < 1.29 is 19.1 Å². The number of ketones is 1. The first-order valence-corrected chi connectivity index (χ1v) is 12.7. The Hall–Kier alpha value is -0.663. The summed E-state index contributed by atoms with van der Waals surface area (Å²) in [6, 6.07) is 10.1. The third-order valence-electron chi connectivity index (χ3n) is 5.07. The van der Waals surface area contributed by atoms with E-state index in [-0.39, 0.29) is 29.3 Å². The Morgan fingerprint density at radius 2 is 1.92 bits per heavy atom. The van der Waals surface area contributed by atoms with Gasteiger partial charge in [-0.2, -0.15) is 0 Å². The molecule has 1 heterocycles. The fourth-order valence-corrected chi connectivity index (χ4v) is 4.40. The third-order valence-corrected chi connectivity index (χ3v) is 10.7. The molecule has 1 aliphatic rings. The molecule has 1 N–H and O–H groups in total. The molecule has 1 aromatic rings. The van der Waals surface area contributed by atoms with Crippen molar-refractivity contribution in [3.63, 3.8) is 0 Å². The smallest absolute Gasteiger partial charge is 0.192 e. The standard InChI is InChI=1S/C19H30O4SSi/c1-19(2,3)25(4,5)22-12-16-18(21)15(20)11-17(23-16)24-13-14-9-7-6-8-10-14/h6-10,16-18,21H,11-13H2,1-5H3/t16-,17-,18+/m1/s1. The highest BCUT2D eigenvalue weighted by Crippen LogP contribution is 2.37. The average Bonchev–Trinajstić information content (AvgIpc) is 2.54. The van der Waals surface area contributed by atoms with Gasteiger partial charge in [0.15, 0.2) is 14.1 Å². The van der Waals surface area contributed by atoms with Crippen LogP contribution < -0.4 is 0 Å². The molecule has 0 amide bonds. The highest BCUT2D eigenvalue weighted by molar-refractivity contribution is 7.99. The number of rotatable bonds is 6. The van der Waals surface area contributed by atoms with Crippen LogP contribution in [-0.4, -0.2) is 43.5 Å². The summed E-state index contributed by atoms with van der Waals surface area (Å²) in [4.78, 5) is 12.2. The first-order chi connectivity index (χ1) is 11.6. The molecule has 0 aliphatic carbocycles. The quantitative estimate of drug-likeness (QED) is 0.754. The van der Waals surface area contributed by atoms with Crippen LogP contribution in [0.15, 0.2) is 30.3 Å². The largest absolute Gasteiger partial charge is 0.414 e. The van der Waals surface area contributed by atoms with Crippen LogP contribution in [0.5, 0.6) is 0 Å². The first-order valence-electron chi connectivity index (χ1n) is 8.76. The molecule has 1 fully saturated rings. The first kappa shape index (κ1) is 20.6. The van der Waals surface area contributed by atoms with Crippen LogP contribution in [0, 0.1) is 0 Å². The molecule has 1 aliphatic heterocycles. The molecule has 0 radical (unpaired) electrons. The Morgan fingerprint density at radius 3 is 2.52 bits per heavy atom. The van der Waals surface area contributed by atoms with Gasteiger partial charge >= 0.3 is 0 Å². The lowest BCUT2D eigenvalue weighted by Crippen LogP contribution is -2.50. The molecule has 0 spiro atoms. The molecule has 2 rings (SSSR count). The Kier molecular flexibility index (Phi) is 6.90. The van der Waals surface area contributed by atoms with Gasteiger partial charge in [0, 0.05) is 12.2 Å². The van der Waals surface area contributed by atoms with Crippen molar-refractivity contribution in [2.24, 2.45) is 0 Å². The molecule has 140 valence electrons. The van der Waals surface area contributed by atoms with Gasteiger partial charge in [-0.3, -0.25) is 4.79 Å². The number of carbonyl (C=O) groups is 1. The van der Waals surface area contributed by atoms with Gasteiger partial charge in [-0.25, -0.2) is 0 Å². The van der Waals surface area contributed by atoms with E-state index in [1.807, 2.05) is 18.2 Å². The van der Waals surface area contributed by atoms with Crippen LogP contribution in [0.25, 0.3) is 0 Å². The van der Waals surface area contributed by atoms with E-state index in [0.717, 1.165) is 5.75 Å². The maximum Gasteiger partial charge on any atom is 0.192 e. The van der Waals surface area contributed by atoms with Crippen LogP contribution in [0.2, 0.25) is 18.1 Å². The van der Waals surface area contributed by atoms with E-state index in [9.17, 15) is 9.90 Å². The minimum Gasteiger partial charge on any atom is -0.414 e. The maximum atomic E-state index is 12.2. The van der Waals surface area contributed by atoms with Gasteiger partial charge < -0.3 is 14.3 Å². The lowest BCUT2D eigenvalue weighted by molar-refractivity contribution is -0.153. The number of benzene rings is 1. The highest BCUT2D eigenvalue weighted by Gasteiger charge is 2.41. The van der Waals surface area contributed by atoms with E-state index >= 15 is 0 Å². The summed E-state index contributed by atoms with van der Waals surface area (Å²) in [6.45, 7) is 11.1. The second-order valence-electron chi connectivity index (χ2n) is 8.09. The van der Waals surface area contributed by atoms with Gasteiger partial charge in [0.1, 0.15) is 17.6 Å². The van der Waals surface area contributed by atoms with Crippen molar-refractivity contribution in [2.45, 2.75) is 68.7 Å². The van der Waals surface area contributed by atoms with Crippen LogP contribution >= 0.6 is 11.8 Å². The van der Waals surface area contributed by atoms with Gasteiger partial charge in [0.05, 0.1) is 6.61 Å². The summed E-state index contributed by atoms with van der Waals surface area (Å²) >= 11 is 1.60. The second-order valence-corrected chi connectivity index (χ2v) is 14.0. The zero-order valence-corrected chi connectivity index (χ0v) is 17.6. The monoisotopic (exact) mass is 382 g/mol. The van der Waals surface area contributed by atoms with Crippen molar-refractivity contribution in [1.82, 2.24) is 0 Å². The number of carbonyl (C=O) groups excluding carboxylic acids is 1. The van der Waals surface area contributed by atoms with Crippen LogP contribution in [0.4, 0.5) is 0 Å². The van der Waals surface area contributed by atoms with E-state index in [4.69, 9.17) is 9.16 Å². The third kappa shape index (κ3) is 5.66. The maximum absolute atomic E-state index is 12.2. The summed E-state index contributed by atoms with van der Waals surface area (Å²) in [5, 5.41) is 10.3. The molecule has 0 bridgehead atoms. The fraction of sp³-hybridized carbons (Fsp3) is 0.632. The van der Waals surface area contributed by atoms with Crippen molar-refractivity contribution in [3.05, 3.63) is 35.9 Å². The Labute approximate surface area is 156 Å². The Morgan fingerprint density at radius 1 is 1.28 bits per heavy atom. The number of ether oxygens (including phenoxy) is 1. The zero-order valence-electron chi connectivity index (χ0n) is 15.8. The second kappa shape index (κ2) is 8.35. The molecule has 0 saturated carbocycles. The summed E-state index contributed by atoms with van der Waals surface area (Å²) in [7, 11) is -1.94. The SMILES string of the molecule is CC(C)(C)[Si](C)(C)OC[C@H]1O[C@H](SCc2ccccc2)CC(=O)[C@@H]1O. The molecule has 25 heavy (non-hydrogen) atoms. The molecule has 0 aromatic heterocycles. The number of Topliss-reactive ketones (excluding diaryl/α,β-unsaturated/α-hetero) is 1. The summed E-state index contributed by atoms with van der Waals surface area (Å²) in [5.74, 6) is 0.630. The van der Waals surface area contributed by atoms with Gasteiger partial charge in [-0.05, 0) is 23.7 Å². The summed E-state index contributed by atoms with van der Waals surface area (Å²) < 4.78 is 12.1.